The summed E-state index contributed by atoms with van der Waals surface area (Å²) in [5, 5.41) is 0.530. The van der Waals surface area contributed by atoms with E-state index in [0.29, 0.717) is 28.6 Å². The van der Waals surface area contributed by atoms with E-state index in [1.165, 1.54) is 6.20 Å². The molecule has 3 rings (SSSR count). The van der Waals surface area contributed by atoms with Gasteiger partial charge in [-0.05, 0) is 29.8 Å². The van der Waals surface area contributed by atoms with Gasteiger partial charge in [-0.3, -0.25) is 9.78 Å². The third-order valence-electron chi connectivity index (χ3n) is 3.33. The highest BCUT2D eigenvalue weighted by Crippen LogP contribution is 2.17. The molecule has 0 saturated carbocycles. The second-order valence-corrected chi connectivity index (χ2v) is 5.40. The zero-order valence-corrected chi connectivity index (χ0v) is 13.0. The van der Waals surface area contributed by atoms with Crippen molar-refractivity contribution in [3.05, 3.63) is 93.7 Å². The van der Waals surface area contributed by atoms with E-state index in [1.54, 1.807) is 36.4 Å². The number of hydrogen-bond donors (Lipinski definition) is 0. The number of ether oxygens (including phenoxy) is 1. The summed E-state index contributed by atoms with van der Waals surface area (Å²) in [5.41, 5.74) is 1.86. The van der Waals surface area contributed by atoms with E-state index in [9.17, 15) is 4.79 Å². The fourth-order valence-electron chi connectivity index (χ4n) is 2.16. The van der Waals surface area contributed by atoms with Crippen molar-refractivity contribution >= 4 is 11.6 Å². The minimum atomic E-state index is -0.194. The maximum Gasteiger partial charge on any atom is 0.229 e. The van der Waals surface area contributed by atoms with Crippen LogP contribution in [0.1, 0.15) is 5.56 Å². The highest BCUT2D eigenvalue weighted by atomic mass is 35.5. The predicted octanol–water partition coefficient (Wildman–Crippen LogP) is 4.34. The first kappa shape index (κ1) is 15.3. The fraction of sp³-hybridized carbons (Fsp3) is 0.0526. The van der Waals surface area contributed by atoms with Crippen LogP contribution in [0.5, 0.6) is 5.75 Å². The van der Waals surface area contributed by atoms with Crippen molar-refractivity contribution in [2.75, 3.05) is 0 Å². The molecular weight excluding hydrogens is 310 g/mol. The van der Waals surface area contributed by atoms with Crippen molar-refractivity contribution in [3.8, 4) is 17.0 Å². The Bertz CT molecular complexity index is 849. The molecule has 0 fully saturated rings. The van der Waals surface area contributed by atoms with E-state index in [-0.39, 0.29) is 5.43 Å². The predicted molar refractivity (Wildman–Crippen MR) is 91.7 cm³/mol. The molecule has 0 atom stereocenters. The van der Waals surface area contributed by atoms with Crippen LogP contribution in [0.4, 0.5) is 0 Å². The van der Waals surface area contributed by atoms with Gasteiger partial charge in [0.15, 0.2) is 5.75 Å². The van der Waals surface area contributed by atoms with Crippen molar-refractivity contribution in [2.45, 2.75) is 6.61 Å². The van der Waals surface area contributed by atoms with Crippen LogP contribution in [-0.2, 0) is 6.61 Å². The normalized spacial score (nSPS) is 10.3. The molecule has 0 aliphatic rings. The highest BCUT2D eigenvalue weighted by molar-refractivity contribution is 6.30. The lowest BCUT2D eigenvalue weighted by Crippen LogP contribution is -2.08. The molecular formula is C19H14ClNO2. The second-order valence-electron chi connectivity index (χ2n) is 4.96. The molecule has 0 aliphatic heterocycles. The minimum absolute atomic E-state index is 0.194. The number of benzene rings is 1. The molecule has 0 saturated heterocycles. The van der Waals surface area contributed by atoms with Gasteiger partial charge < -0.3 is 4.74 Å². The van der Waals surface area contributed by atoms with Crippen LogP contribution in [0.15, 0.2) is 77.7 Å². The topological polar surface area (TPSA) is 39.2 Å². The lowest BCUT2D eigenvalue weighted by molar-refractivity contribution is 0.304. The molecule has 0 bridgehead atoms. The third kappa shape index (κ3) is 3.76. The van der Waals surface area contributed by atoms with Crippen molar-refractivity contribution < 1.29 is 4.74 Å². The van der Waals surface area contributed by atoms with E-state index in [2.05, 4.69) is 4.98 Å². The van der Waals surface area contributed by atoms with Gasteiger partial charge in [0.25, 0.3) is 0 Å². The van der Waals surface area contributed by atoms with Gasteiger partial charge in [-0.1, -0.05) is 54.1 Å². The molecule has 23 heavy (non-hydrogen) atoms. The Labute approximate surface area is 139 Å². The Kier molecular flexibility index (Phi) is 4.69. The Morgan fingerprint density at radius 3 is 2.39 bits per heavy atom. The molecule has 0 unspecified atom stereocenters. The minimum Gasteiger partial charge on any atom is -0.485 e. The van der Waals surface area contributed by atoms with Crippen molar-refractivity contribution in [1.29, 1.82) is 0 Å². The first-order chi connectivity index (χ1) is 11.2. The summed E-state index contributed by atoms with van der Waals surface area (Å²) in [7, 11) is 0. The quantitative estimate of drug-likeness (QED) is 0.717. The Hall–Kier alpha value is -2.65. The number of aromatic nitrogens is 1. The largest absolute Gasteiger partial charge is 0.485 e. The lowest BCUT2D eigenvalue weighted by atomic mass is 10.2. The van der Waals surface area contributed by atoms with Gasteiger partial charge in [0.05, 0.1) is 16.3 Å². The van der Waals surface area contributed by atoms with Crippen molar-refractivity contribution in [2.24, 2.45) is 0 Å². The summed E-state index contributed by atoms with van der Waals surface area (Å²) in [6.45, 7) is 0.341. The van der Waals surface area contributed by atoms with Crippen LogP contribution >= 0.6 is 11.6 Å². The summed E-state index contributed by atoms with van der Waals surface area (Å²) < 4.78 is 5.70. The summed E-state index contributed by atoms with van der Waals surface area (Å²) in [6, 6.07) is 20.1. The molecule has 3 aromatic rings. The van der Waals surface area contributed by atoms with Gasteiger partial charge in [0, 0.05) is 6.20 Å². The Morgan fingerprint density at radius 2 is 1.65 bits per heavy atom. The molecule has 0 amide bonds. The van der Waals surface area contributed by atoms with Crippen molar-refractivity contribution in [1.82, 2.24) is 4.98 Å². The smallest absolute Gasteiger partial charge is 0.229 e. The van der Waals surface area contributed by atoms with E-state index in [0.717, 1.165) is 5.56 Å². The number of halogens is 1. The zero-order chi connectivity index (χ0) is 16.1. The molecule has 0 aliphatic carbocycles. The number of pyridine rings is 1. The molecule has 1 heterocycles. The van der Waals surface area contributed by atoms with E-state index >= 15 is 0 Å². The van der Waals surface area contributed by atoms with Gasteiger partial charge in [0.2, 0.25) is 5.43 Å². The van der Waals surface area contributed by atoms with Crippen LogP contribution in [0, 0.1) is 0 Å². The monoisotopic (exact) mass is 323 g/mol. The maximum absolute atomic E-state index is 12.7. The van der Waals surface area contributed by atoms with E-state index in [4.69, 9.17) is 16.3 Å². The molecule has 114 valence electrons. The lowest BCUT2D eigenvalue weighted by Gasteiger charge is -2.05. The van der Waals surface area contributed by atoms with Crippen LogP contribution in [0.2, 0.25) is 5.02 Å². The first-order valence-electron chi connectivity index (χ1n) is 7.16. The zero-order valence-electron chi connectivity index (χ0n) is 12.3. The van der Waals surface area contributed by atoms with Crippen LogP contribution in [-0.4, -0.2) is 4.98 Å². The first-order valence-corrected chi connectivity index (χ1v) is 7.54. The maximum atomic E-state index is 12.7. The molecule has 3 nitrogen and oxygen atoms in total. The summed E-state index contributed by atoms with van der Waals surface area (Å²) in [5.74, 6) is 0.297. The molecule has 0 N–H and O–H groups in total. The van der Waals surface area contributed by atoms with Gasteiger partial charge >= 0.3 is 0 Å². The number of hydrogen-bond acceptors (Lipinski definition) is 3. The molecule has 0 radical (unpaired) electrons. The third-order valence-corrected chi connectivity index (χ3v) is 3.55. The molecule has 1 aromatic heterocycles. The van der Waals surface area contributed by atoms with Crippen LogP contribution in [0.25, 0.3) is 11.3 Å². The van der Waals surface area contributed by atoms with Gasteiger partial charge in [-0.15, -0.1) is 0 Å². The molecule has 4 heteroatoms. The van der Waals surface area contributed by atoms with Gasteiger partial charge in [-0.25, -0.2) is 0 Å². The Morgan fingerprint density at radius 1 is 0.913 bits per heavy atom. The fourth-order valence-corrected chi connectivity index (χ4v) is 2.28. The van der Waals surface area contributed by atoms with Gasteiger partial charge in [0.1, 0.15) is 6.61 Å². The number of rotatable bonds is 4. The highest BCUT2D eigenvalue weighted by Gasteiger charge is 2.08. The van der Waals surface area contributed by atoms with E-state index in [1.807, 2.05) is 30.3 Å². The van der Waals surface area contributed by atoms with Crippen molar-refractivity contribution in [3.63, 3.8) is 0 Å². The summed E-state index contributed by atoms with van der Waals surface area (Å²) in [4.78, 5) is 16.9. The average Bonchev–Trinajstić information content (AvgIpc) is 2.77. The SMILES string of the molecule is O=c1c(OCc2ccccc2)ccccc1-c1ccc(Cl)cn1. The van der Waals surface area contributed by atoms with Gasteiger partial charge in [-0.2, -0.15) is 0 Å². The number of nitrogens with zero attached hydrogens (tertiary/aromatic N) is 1. The molecule has 2 aromatic carbocycles. The second kappa shape index (κ2) is 7.07. The summed E-state index contributed by atoms with van der Waals surface area (Å²) >= 11 is 5.85. The Balaban J connectivity index is 1.93. The standard InChI is InChI=1S/C19H14ClNO2/c20-15-10-11-17(21-12-15)16-8-4-5-9-18(19(16)22)23-13-14-6-2-1-3-7-14/h1-12H,13H2. The molecule has 0 spiro atoms. The average molecular weight is 324 g/mol. The van der Waals surface area contributed by atoms with Crippen LogP contribution < -0.4 is 10.2 Å². The van der Waals surface area contributed by atoms with Crippen LogP contribution in [0.3, 0.4) is 0 Å². The van der Waals surface area contributed by atoms with E-state index < -0.39 is 0 Å². The summed E-state index contributed by atoms with van der Waals surface area (Å²) in [6.07, 6.45) is 1.52.